The van der Waals surface area contributed by atoms with Gasteiger partial charge in [-0.15, -0.1) is 0 Å². The van der Waals surface area contributed by atoms with E-state index in [2.05, 4.69) is 22.6 Å². The fourth-order valence-corrected chi connectivity index (χ4v) is 3.81. The lowest BCUT2D eigenvalue weighted by Crippen LogP contribution is -2.65. The van der Waals surface area contributed by atoms with Crippen LogP contribution < -0.4 is 10.8 Å². The molecule has 3 amide bonds. The molecule has 38 heavy (non-hydrogen) atoms. The first kappa shape index (κ1) is 28.8. The molecule has 1 heterocycles. The summed E-state index contributed by atoms with van der Waals surface area (Å²) in [6.45, 7) is 1.50. The molecule has 0 bridgehead atoms. The van der Waals surface area contributed by atoms with Crippen molar-refractivity contribution in [2.24, 2.45) is 0 Å². The Kier molecular flexibility index (Phi) is 9.98. The summed E-state index contributed by atoms with van der Waals surface area (Å²) in [6, 6.07) is 13.3. The quantitative estimate of drug-likeness (QED) is 0.232. The van der Waals surface area contributed by atoms with Crippen molar-refractivity contribution in [1.29, 1.82) is 0 Å². The average Bonchev–Trinajstić information content (AvgIpc) is 2.97. The second kappa shape index (κ2) is 13.2. The molecule has 0 aliphatic carbocycles. The molecule has 1 aliphatic rings. The number of rotatable bonds is 8. The maximum atomic E-state index is 13.3. The van der Waals surface area contributed by atoms with Crippen LogP contribution in [0.2, 0.25) is 0 Å². The molecular formula is C28H33N3O7. The van der Waals surface area contributed by atoms with Crippen molar-refractivity contribution in [2.45, 2.75) is 44.1 Å². The molecule has 0 radical (unpaired) electrons. The Hall–Kier alpha value is -3.75. The van der Waals surface area contributed by atoms with Gasteiger partial charge in [-0.3, -0.25) is 14.4 Å². The molecule has 2 aromatic carbocycles. The van der Waals surface area contributed by atoms with Gasteiger partial charge in [-0.1, -0.05) is 24.0 Å². The largest absolute Gasteiger partial charge is 0.393 e. The van der Waals surface area contributed by atoms with Crippen LogP contribution in [0.5, 0.6) is 0 Å². The lowest BCUT2D eigenvalue weighted by molar-refractivity contribution is -0.204. The van der Waals surface area contributed by atoms with Crippen molar-refractivity contribution in [3.8, 4) is 11.8 Å². The molecule has 3 rings (SSSR count). The highest BCUT2D eigenvalue weighted by atomic mass is 16.8. The molecule has 10 nitrogen and oxygen atoms in total. The number of ether oxygens (including phenoxy) is 1. The molecule has 0 aromatic heterocycles. The molecule has 0 saturated carbocycles. The monoisotopic (exact) mass is 523 g/mol. The second-order valence-electron chi connectivity index (χ2n) is 9.01. The van der Waals surface area contributed by atoms with Crippen molar-refractivity contribution < 1.29 is 34.2 Å². The average molecular weight is 524 g/mol. The number of aliphatic hydroxyl groups is 2. The highest BCUT2D eigenvalue weighted by Gasteiger charge is 2.47. The summed E-state index contributed by atoms with van der Waals surface area (Å²) in [4.78, 5) is 45.5. The number of hydroxylamine groups is 1. The zero-order chi connectivity index (χ0) is 27.7. The van der Waals surface area contributed by atoms with Gasteiger partial charge in [0.05, 0.1) is 6.61 Å². The number of nitrogens with one attached hydrogen (secondary N) is 2. The van der Waals surface area contributed by atoms with Gasteiger partial charge in [-0.05, 0) is 61.7 Å². The van der Waals surface area contributed by atoms with Gasteiger partial charge < -0.3 is 25.2 Å². The third-order valence-electron chi connectivity index (χ3n) is 6.46. The smallest absolute Gasteiger partial charge is 0.279 e. The molecule has 0 spiro atoms. The fraction of sp³-hybridized carbons (Fsp3) is 0.393. The zero-order valence-electron chi connectivity index (χ0n) is 21.7. The maximum absolute atomic E-state index is 13.3. The molecule has 4 N–H and O–H groups in total. The number of likely N-dealkylation sites (N-methyl/N-ethyl adjacent to an activating group) is 2. The van der Waals surface area contributed by atoms with Crippen molar-refractivity contribution in [2.75, 3.05) is 27.3 Å². The summed E-state index contributed by atoms with van der Waals surface area (Å²) in [7, 11) is 2.76. The van der Waals surface area contributed by atoms with E-state index in [9.17, 15) is 19.5 Å². The minimum absolute atomic E-state index is 0.264. The molecule has 2 unspecified atom stereocenters. The second-order valence-corrected chi connectivity index (χ2v) is 9.01. The van der Waals surface area contributed by atoms with Crippen LogP contribution in [0.25, 0.3) is 0 Å². The van der Waals surface area contributed by atoms with Crippen LogP contribution in [0.4, 0.5) is 0 Å². The summed E-state index contributed by atoms with van der Waals surface area (Å²) in [5.74, 6) is 3.97. The topological polar surface area (TPSA) is 137 Å². The van der Waals surface area contributed by atoms with Crippen molar-refractivity contribution in [3.63, 3.8) is 0 Å². The van der Waals surface area contributed by atoms with Crippen molar-refractivity contribution >= 4 is 17.7 Å². The number of hydrogen-bond donors (Lipinski definition) is 4. The number of carbonyl (C=O) groups is 3. The van der Waals surface area contributed by atoms with E-state index in [0.717, 1.165) is 17.7 Å². The van der Waals surface area contributed by atoms with Gasteiger partial charge >= 0.3 is 0 Å². The molecule has 10 heteroatoms. The number of aliphatic hydroxyl groups excluding tert-OH is 2. The van der Waals surface area contributed by atoms with Gasteiger partial charge in [-0.25, -0.2) is 10.3 Å². The highest BCUT2D eigenvalue weighted by molar-refractivity contribution is 6.12. The fourth-order valence-electron chi connectivity index (χ4n) is 3.81. The summed E-state index contributed by atoms with van der Waals surface area (Å²) >= 11 is 0. The maximum Gasteiger partial charge on any atom is 0.279 e. The first-order chi connectivity index (χ1) is 18.2. The standard InChI is InChI=1S/C28H33N3O7/c1-28(26(35)29-2,27(36)30-38-24-6-4-5-17-37-24)31(3)25(34)22-15-11-20(12-16-22)8-7-19-9-13-21(14-10-19)23(33)18-32/h9-16,23-24,32-33H,4-6,17-18H2,1-3H3,(H,29,35)(H,30,36)/t23-,24?,28?/m0/s1. The van der Waals surface area contributed by atoms with Gasteiger partial charge in [0.25, 0.3) is 17.7 Å². The highest BCUT2D eigenvalue weighted by Crippen LogP contribution is 2.20. The molecule has 3 atom stereocenters. The Morgan fingerprint density at radius 1 is 1.08 bits per heavy atom. The van der Waals surface area contributed by atoms with E-state index in [1.807, 2.05) is 0 Å². The molecule has 1 fully saturated rings. The molecule has 1 saturated heterocycles. The Morgan fingerprint density at radius 2 is 1.68 bits per heavy atom. The van der Waals surface area contributed by atoms with Crippen LogP contribution in [0, 0.1) is 11.8 Å². The van der Waals surface area contributed by atoms with E-state index in [4.69, 9.17) is 14.7 Å². The predicted octanol–water partition coefficient (Wildman–Crippen LogP) is 1.26. The number of hydrogen-bond acceptors (Lipinski definition) is 7. The van der Waals surface area contributed by atoms with Gasteiger partial charge in [0.15, 0.2) is 11.8 Å². The first-order valence-corrected chi connectivity index (χ1v) is 12.3. The SMILES string of the molecule is CNC(=O)C(C)(C(=O)NOC1CCCCO1)N(C)C(=O)c1ccc(C#Cc2ccc([C@@H](O)CO)cc2)cc1. The van der Waals surface area contributed by atoms with Crippen LogP contribution in [-0.2, 0) is 19.2 Å². The summed E-state index contributed by atoms with van der Waals surface area (Å²) < 4.78 is 5.44. The summed E-state index contributed by atoms with van der Waals surface area (Å²) in [6.07, 6.45) is 0.873. The third-order valence-corrected chi connectivity index (χ3v) is 6.46. The molecular weight excluding hydrogens is 490 g/mol. The minimum Gasteiger partial charge on any atom is -0.393 e. The van der Waals surface area contributed by atoms with Crippen LogP contribution in [-0.4, -0.2) is 72.0 Å². The van der Waals surface area contributed by atoms with Gasteiger partial charge in [0.2, 0.25) is 0 Å². The normalized spacial score (nSPS) is 17.2. The summed E-state index contributed by atoms with van der Waals surface area (Å²) in [5, 5.41) is 21.1. The van der Waals surface area contributed by atoms with Crippen LogP contribution in [0.1, 0.15) is 59.3 Å². The van der Waals surface area contributed by atoms with Crippen molar-refractivity contribution in [1.82, 2.24) is 15.7 Å². The lowest BCUT2D eigenvalue weighted by Gasteiger charge is -2.36. The van der Waals surface area contributed by atoms with E-state index in [-0.39, 0.29) is 12.2 Å². The van der Waals surface area contributed by atoms with Gasteiger partial charge in [0.1, 0.15) is 6.10 Å². The Bertz CT molecular complexity index is 1180. The zero-order valence-corrected chi connectivity index (χ0v) is 21.7. The number of nitrogens with zero attached hydrogens (tertiary/aromatic N) is 1. The van der Waals surface area contributed by atoms with Crippen LogP contribution in [0.15, 0.2) is 48.5 Å². The summed E-state index contributed by atoms with van der Waals surface area (Å²) in [5.41, 5.74) is 2.61. The molecule has 1 aliphatic heterocycles. The Balaban J connectivity index is 1.71. The Labute approximate surface area is 221 Å². The van der Waals surface area contributed by atoms with E-state index in [1.165, 1.54) is 21.0 Å². The van der Waals surface area contributed by atoms with E-state index in [0.29, 0.717) is 29.7 Å². The van der Waals surface area contributed by atoms with E-state index in [1.54, 1.807) is 48.5 Å². The first-order valence-electron chi connectivity index (χ1n) is 12.3. The predicted molar refractivity (Wildman–Crippen MR) is 138 cm³/mol. The number of carbonyl (C=O) groups excluding carboxylic acids is 3. The number of amides is 3. The van der Waals surface area contributed by atoms with Crippen LogP contribution in [0.3, 0.4) is 0 Å². The molecule has 202 valence electrons. The van der Waals surface area contributed by atoms with Crippen molar-refractivity contribution in [3.05, 3.63) is 70.8 Å². The van der Waals surface area contributed by atoms with Gasteiger partial charge in [-0.2, -0.15) is 0 Å². The van der Waals surface area contributed by atoms with Crippen LogP contribution >= 0.6 is 0 Å². The van der Waals surface area contributed by atoms with E-state index < -0.39 is 35.7 Å². The molecule has 2 aromatic rings. The van der Waals surface area contributed by atoms with Gasteiger partial charge in [0, 0.05) is 43.8 Å². The third kappa shape index (κ3) is 6.76. The lowest BCUT2D eigenvalue weighted by atomic mass is 9.96. The number of benzene rings is 2. The Morgan fingerprint density at radius 3 is 2.21 bits per heavy atom. The van der Waals surface area contributed by atoms with E-state index >= 15 is 0 Å². The minimum atomic E-state index is -1.89.